The van der Waals surface area contributed by atoms with Gasteiger partial charge in [0.2, 0.25) is 0 Å². The first-order valence-corrected chi connectivity index (χ1v) is 14.4. The van der Waals surface area contributed by atoms with E-state index in [1.807, 2.05) is 0 Å². The van der Waals surface area contributed by atoms with Crippen LogP contribution in [0.3, 0.4) is 0 Å². The van der Waals surface area contributed by atoms with Crippen LogP contribution in [0, 0.1) is 40.4 Å². The number of carbonyl (C=O) groups excluding carboxylic acids is 1. The molecule has 0 amide bonds. The maximum Gasteiger partial charge on any atom is 0.331 e. The maximum atomic E-state index is 11.8. The second-order valence-electron chi connectivity index (χ2n) is 13.5. The minimum Gasteiger partial charge on any atom is -0.458 e. The minimum absolute atomic E-state index is 0.000456. The summed E-state index contributed by atoms with van der Waals surface area (Å²) in [4.78, 5) is 11.8. The third-order valence-corrected chi connectivity index (χ3v) is 11.8. The van der Waals surface area contributed by atoms with Crippen molar-refractivity contribution in [3.05, 3.63) is 11.6 Å². The summed E-state index contributed by atoms with van der Waals surface area (Å²) in [6.07, 6.45) is 3.79. The molecule has 2 heterocycles. The highest BCUT2D eigenvalue weighted by molar-refractivity contribution is 5.85. The number of aliphatic hydroxyl groups is 4. The van der Waals surface area contributed by atoms with Crippen LogP contribution in [0.15, 0.2) is 11.6 Å². The van der Waals surface area contributed by atoms with Gasteiger partial charge in [-0.1, -0.05) is 13.8 Å². The Morgan fingerprint density at radius 3 is 2.49 bits per heavy atom. The van der Waals surface area contributed by atoms with E-state index in [2.05, 4.69) is 13.8 Å². The van der Waals surface area contributed by atoms with Crippen LogP contribution in [0.2, 0.25) is 0 Å². The molecule has 0 bridgehead atoms. The van der Waals surface area contributed by atoms with Gasteiger partial charge in [0.1, 0.15) is 24.9 Å². The molecule has 0 radical (unpaired) electrons. The molecule has 0 spiro atoms. The zero-order chi connectivity index (χ0) is 26.3. The van der Waals surface area contributed by atoms with Gasteiger partial charge in [-0.25, -0.2) is 4.79 Å². The van der Waals surface area contributed by atoms with Crippen LogP contribution in [-0.2, 0) is 19.0 Å². The SMILES string of the molecule is CC1OC(OC2CCC3(C)C(CCC4C5CCC(C6=CC(=O)OC6)C5(C)CC(O)C43)C2)C(O)C(O)C1O. The molecule has 14 unspecified atom stereocenters. The number of aliphatic hydroxyl groups excluding tert-OH is 4. The third-order valence-electron chi connectivity index (χ3n) is 11.8. The summed E-state index contributed by atoms with van der Waals surface area (Å²) in [6.45, 7) is 6.81. The first kappa shape index (κ1) is 26.2. The molecule has 4 saturated carbocycles. The molecule has 4 aliphatic carbocycles. The highest BCUT2D eigenvalue weighted by atomic mass is 16.7. The molecule has 6 rings (SSSR count). The summed E-state index contributed by atoms with van der Waals surface area (Å²) >= 11 is 0. The molecule has 1 saturated heterocycles. The van der Waals surface area contributed by atoms with Gasteiger partial charge in [0.25, 0.3) is 0 Å². The molecular formula is C29H44O8. The van der Waals surface area contributed by atoms with E-state index in [4.69, 9.17) is 14.2 Å². The average molecular weight is 521 g/mol. The van der Waals surface area contributed by atoms with Gasteiger partial charge in [-0.05, 0) is 104 Å². The lowest BCUT2D eigenvalue weighted by Crippen LogP contribution is -2.60. The van der Waals surface area contributed by atoms with Crippen molar-refractivity contribution < 1.29 is 39.4 Å². The fraction of sp³-hybridized carbons (Fsp3) is 0.897. The van der Waals surface area contributed by atoms with Crippen LogP contribution >= 0.6 is 0 Å². The first-order chi connectivity index (χ1) is 17.5. The van der Waals surface area contributed by atoms with Crippen molar-refractivity contribution in [2.75, 3.05) is 6.61 Å². The molecule has 5 fully saturated rings. The highest BCUT2D eigenvalue weighted by Crippen LogP contribution is 2.68. The van der Waals surface area contributed by atoms with Crippen molar-refractivity contribution in [1.29, 1.82) is 0 Å². The van der Waals surface area contributed by atoms with E-state index in [-0.39, 0.29) is 34.9 Å². The van der Waals surface area contributed by atoms with Crippen LogP contribution < -0.4 is 0 Å². The monoisotopic (exact) mass is 520 g/mol. The van der Waals surface area contributed by atoms with Crippen molar-refractivity contribution in [3.8, 4) is 0 Å². The number of cyclic esters (lactones) is 1. The van der Waals surface area contributed by atoms with Crippen LogP contribution in [0.25, 0.3) is 0 Å². The summed E-state index contributed by atoms with van der Waals surface area (Å²) in [5, 5.41) is 42.3. The van der Waals surface area contributed by atoms with Crippen molar-refractivity contribution in [2.24, 2.45) is 40.4 Å². The minimum atomic E-state index is -1.29. The van der Waals surface area contributed by atoms with Crippen LogP contribution in [0.4, 0.5) is 0 Å². The molecule has 6 aliphatic rings. The molecule has 0 aromatic carbocycles. The van der Waals surface area contributed by atoms with E-state index in [1.54, 1.807) is 13.0 Å². The molecule has 2 aliphatic heterocycles. The molecule has 0 aromatic rings. The van der Waals surface area contributed by atoms with Crippen molar-refractivity contribution in [1.82, 2.24) is 0 Å². The quantitative estimate of drug-likeness (QED) is 0.330. The van der Waals surface area contributed by atoms with Crippen LogP contribution in [0.1, 0.15) is 72.1 Å². The maximum absolute atomic E-state index is 11.8. The van der Waals surface area contributed by atoms with Gasteiger partial charge < -0.3 is 34.6 Å². The molecule has 0 aromatic heterocycles. The molecule has 8 heteroatoms. The standard InChI is InChI=1S/C29H44O8/c1-14-24(32)25(33)26(34)27(36-14)37-17-8-9-28(2)16(11-17)4-5-18-20-7-6-19(15-10-22(31)35-13-15)29(20,3)12-21(30)23(18)28/h10,14,16-21,23-27,30,32-34H,4-9,11-13H2,1-3H3. The zero-order valence-electron chi connectivity index (χ0n) is 22.3. The number of esters is 1. The Bertz CT molecular complexity index is 937. The van der Waals surface area contributed by atoms with Gasteiger partial charge in [0.05, 0.1) is 18.3 Å². The van der Waals surface area contributed by atoms with Gasteiger partial charge >= 0.3 is 5.97 Å². The van der Waals surface area contributed by atoms with Gasteiger partial charge in [-0.3, -0.25) is 0 Å². The Balaban J connectivity index is 1.16. The molecule has 14 atom stereocenters. The van der Waals surface area contributed by atoms with E-state index in [9.17, 15) is 25.2 Å². The van der Waals surface area contributed by atoms with Crippen molar-refractivity contribution in [2.45, 2.75) is 115 Å². The number of rotatable bonds is 3. The molecule has 37 heavy (non-hydrogen) atoms. The van der Waals surface area contributed by atoms with E-state index in [0.717, 1.165) is 56.9 Å². The molecular weight excluding hydrogens is 476 g/mol. The number of ether oxygens (including phenoxy) is 3. The number of hydrogen-bond acceptors (Lipinski definition) is 8. The summed E-state index contributed by atoms with van der Waals surface area (Å²) in [5.41, 5.74) is 1.15. The number of hydrogen-bond donors (Lipinski definition) is 4. The first-order valence-electron chi connectivity index (χ1n) is 14.4. The van der Waals surface area contributed by atoms with Gasteiger partial charge in [-0.2, -0.15) is 0 Å². The summed E-state index contributed by atoms with van der Waals surface area (Å²) in [5.74, 6) is 1.79. The second kappa shape index (κ2) is 9.27. The Hall–Kier alpha value is -1.03. The van der Waals surface area contributed by atoms with E-state index < -0.39 is 30.7 Å². The van der Waals surface area contributed by atoms with E-state index in [1.165, 1.54) is 0 Å². The fourth-order valence-electron chi connectivity index (χ4n) is 9.98. The van der Waals surface area contributed by atoms with Crippen LogP contribution in [0.5, 0.6) is 0 Å². The topological polar surface area (TPSA) is 126 Å². The molecule has 8 nitrogen and oxygen atoms in total. The third kappa shape index (κ3) is 4.04. The average Bonchev–Trinajstić information content (AvgIpc) is 3.43. The zero-order valence-corrected chi connectivity index (χ0v) is 22.3. The van der Waals surface area contributed by atoms with Gasteiger partial charge in [-0.15, -0.1) is 0 Å². The Morgan fingerprint density at radius 2 is 1.76 bits per heavy atom. The van der Waals surface area contributed by atoms with Gasteiger partial charge in [0.15, 0.2) is 6.29 Å². The Morgan fingerprint density at radius 1 is 0.973 bits per heavy atom. The predicted molar refractivity (Wildman–Crippen MR) is 133 cm³/mol. The fourth-order valence-corrected chi connectivity index (χ4v) is 9.98. The number of fused-ring (bicyclic) bond motifs is 5. The summed E-state index contributed by atoms with van der Waals surface area (Å²) in [6, 6.07) is 0. The Kier molecular flexibility index (Phi) is 6.57. The van der Waals surface area contributed by atoms with Crippen molar-refractivity contribution >= 4 is 5.97 Å². The summed E-state index contributed by atoms with van der Waals surface area (Å²) in [7, 11) is 0. The smallest absolute Gasteiger partial charge is 0.331 e. The highest BCUT2D eigenvalue weighted by Gasteiger charge is 2.63. The van der Waals surface area contributed by atoms with Gasteiger partial charge in [0, 0.05) is 6.08 Å². The van der Waals surface area contributed by atoms with E-state index >= 15 is 0 Å². The lowest BCUT2D eigenvalue weighted by atomic mass is 9.43. The predicted octanol–water partition coefficient (Wildman–Crippen LogP) is 2.31. The lowest BCUT2D eigenvalue weighted by molar-refractivity contribution is -0.310. The second-order valence-corrected chi connectivity index (χ2v) is 13.5. The largest absolute Gasteiger partial charge is 0.458 e. The van der Waals surface area contributed by atoms with E-state index in [0.29, 0.717) is 30.3 Å². The number of carbonyl (C=O) groups is 1. The summed E-state index contributed by atoms with van der Waals surface area (Å²) < 4.78 is 17.2. The molecule has 4 N–H and O–H groups in total. The lowest BCUT2D eigenvalue weighted by Gasteiger charge is -2.62. The Labute approximate surface area is 219 Å². The normalized spacial score (nSPS) is 55.6. The van der Waals surface area contributed by atoms with Crippen molar-refractivity contribution in [3.63, 3.8) is 0 Å². The molecule has 208 valence electrons. The van der Waals surface area contributed by atoms with Crippen LogP contribution in [-0.4, -0.2) is 75.9 Å².